The third kappa shape index (κ3) is 2.43. The second kappa shape index (κ2) is 5.04. The van der Waals surface area contributed by atoms with Crippen LogP contribution < -0.4 is 5.32 Å². The van der Waals surface area contributed by atoms with E-state index in [4.69, 9.17) is 4.42 Å². The van der Waals surface area contributed by atoms with Gasteiger partial charge < -0.3 is 9.73 Å². The number of nitrogens with one attached hydrogen (secondary N) is 1. The van der Waals surface area contributed by atoms with Crippen molar-refractivity contribution in [2.45, 2.75) is 40.2 Å². The van der Waals surface area contributed by atoms with Gasteiger partial charge in [0.2, 0.25) is 0 Å². The van der Waals surface area contributed by atoms with E-state index in [0.29, 0.717) is 0 Å². The second-order valence-corrected chi connectivity index (χ2v) is 3.73. The van der Waals surface area contributed by atoms with Crippen molar-refractivity contribution in [2.75, 3.05) is 7.05 Å². The molecule has 0 saturated carbocycles. The topological polar surface area (TPSA) is 25.2 Å². The van der Waals surface area contributed by atoms with Crippen molar-refractivity contribution < 1.29 is 4.42 Å². The number of hydrogen-bond donors (Lipinski definition) is 1. The standard InChI is InChI=1S/C13H19NO/c1-6-7-8-12(14-5)13-9(2)10(3)15-11(13)4/h12,14H,8H2,1-5H3. The summed E-state index contributed by atoms with van der Waals surface area (Å²) in [5.41, 5.74) is 2.50. The van der Waals surface area contributed by atoms with Crippen LogP contribution in [0.5, 0.6) is 0 Å². The van der Waals surface area contributed by atoms with E-state index >= 15 is 0 Å². The highest BCUT2D eigenvalue weighted by molar-refractivity contribution is 5.35. The van der Waals surface area contributed by atoms with Gasteiger partial charge in [0, 0.05) is 18.0 Å². The van der Waals surface area contributed by atoms with Gasteiger partial charge in [-0.05, 0) is 40.3 Å². The van der Waals surface area contributed by atoms with Gasteiger partial charge in [-0.25, -0.2) is 0 Å². The molecular weight excluding hydrogens is 186 g/mol. The molecule has 1 rings (SSSR count). The maximum Gasteiger partial charge on any atom is 0.106 e. The second-order valence-electron chi connectivity index (χ2n) is 3.73. The maximum atomic E-state index is 5.62. The molecule has 0 saturated heterocycles. The van der Waals surface area contributed by atoms with Crippen molar-refractivity contribution in [1.29, 1.82) is 0 Å². The Morgan fingerprint density at radius 2 is 1.93 bits per heavy atom. The Hall–Kier alpha value is -1.20. The van der Waals surface area contributed by atoms with Gasteiger partial charge in [-0.3, -0.25) is 0 Å². The minimum atomic E-state index is 0.273. The largest absolute Gasteiger partial charge is 0.466 e. The van der Waals surface area contributed by atoms with Crippen molar-refractivity contribution in [3.63, 3.8) is 0 Å². The van der Waals surface area contributed by atoms with Gasteiger partial charge in [-0.15, -0.1) is 11.8 Å². The van der Waals surface area contributed by atoms with Gasteiger partial charge in [0.25, 0.3) is 0 Å². The van der Waals surface area contributed by atoms with Crippen molar-refractivity contribution in [2.24, 2.45) is 0 Å². The third-order valence-electron chi connectivity index (χ3n) is 2.80. The van der Waals surface area contributed by atoms with Crippen LogP contribution >= 0.6 is 0 Å². The molecule has 1 atom stereocenters. The average Bonchev–Trinajstić information content (AvgIpc) is 2.45. The van der Waals surface area contributed by atoms with Crippen molar-refractivity contribution in [3.05, 3.63) is 22.6 Å². The number of furan rings is 1. The van der Waals surface area contributed by atoms with Gasteiger partial charge in [0.05, 0.1) is 0 Å². The lowest BCUT2D eigenvalue weighted by Gasteiger charge is -2.13. The predicted octanol–water partition coefficient (Wildman–Crippen LogP) is 2.88. The summed E-state index contributed by atoms with van der Waals surface area (Å²) >= 11 is 0. The Bertz CT molecular complexity index is 393. The van der Waals surface area contributed by atoms with Crippen LogP contribution in [0.15, 0.2) is 4.42 Å². The van der Waals surface area contributed by atoms with Crippen LogP contribution in [-0.2, 0) is 0 Å². The summed E-state index contributed by atoms with van der Waals surface area (Å²) in [5.74, 6) is 8.04. The molecule has 1 N–H and O–H groups in total. The molecule has 2 heteroatoms. The molecule has 2 nitrogen and oxygen atoms in total. The van der Waals surface area contributed by atoms with Crippen LogP contribution in [0, 0.1) is 32.6 Å². The average molecular weight is 205 g/mol. The Balaban J connectivity index is 3.04. The highest BCUT2D eigenvalue weighted by atomic mass is 16.3. The fourth-order valence-electron chi connectivity index (χ4n) is 1.87. The molecule has 82 valence electrons. The molecule has 1 unspecified atom stereocenters. The van der Waals surface area contributed by atoms with Crippen LogP contribution in [0.3, 0.4) is 0 Å². The van der Waals surface area contributed by atoms with E-state index in [1.54, 1.807) is 0 Å². The summed E-state index contributed by atoms with van der Waals surface area (Å²) in [6, 6.07) is 0.273. The lowest BCUT2D eigenvalue weighted by Crippen LogP contribution is -2.17. The van der Waals surface area contributed by atoms with Gasteiger partial charge in [0.1, 0.15) is 11.5 Å². The van der Waals surface area contributed by atoms with Crippen LogP contribution in [0.2, 0.25) is 0 Å². The molecule has 0 fully saturated rings. The van der Waals surface area contributed by atoms with Crippen LogP contribution in [0.25, 0.3) is 0 Å². The Kier molecular flexibility index (Phi) is 3.99. The Morgan fingerprint density at radius 3 is 2.33 bits per heavy atom. The van der Waals surface area contributed by atoms with Gasteiger partial charge in [0.15, 0.2) is 0 Å². The molecule has 0 aliphatic rings. The van der Waals surface area contributed by atoms with E-state index in [2.05, 4.69) is 24.1 Å². The van der Waals surface area contributed by atoms with Crippen molar-refractivity contribution in [3.8, 4) is 11.8 Å². The van der Waals surface area contributed by atoms with E-state index in [1.807, 2.05) is 27.8 Å². The molecule has 0 aliphatic heterocycles. The van der Waals surface area contributed by atoms with Crippen molar-refractivity contribution in [1.82, 2.24) is 5.32 Å². The van der Waals surface area contributed by atoms with Crippen LogP contribution in [-0.4, -0.2) is 7.05 Å². The molecular formula is C13H19NO. The minimum absolute atomic E-state index is 0.273. The molecule has 1 aromatic rings. The molecule has 0 bridgehead atoms. The van der Waals surface area contributed by atoms with E-state index < -0.39 is 0 Å². The molecule has 0 aromatic carbocycles. The third-order valence-corrected chi connectivity index (χ3v) is 2.80. The van der Waals surface area contributed by atoms with E-state index in [0.717, 1.165) is 17.9 Å². The number of rotatable bonds is 3. The Morgan fingerprint density at radius 1 is 1.27 bits per heavy atom. The lowest BCUT2D eigenvalue weighted by atomic mass is 10.00. The molecule has 0 radical (unpaired) electrons. The highest BCUT2D eigenvalue weighted by Crippen LogP contribution is 2.28. The molecule has 1 heterocycles. The van der Waals surface area contributed by atoms with Gasteiger partial charge >= 0.3 is 0 Å². The van der Waals surface area contributed by atoms with Crippen LogP contribution in [0.4, 0.5) is 0 Å². The fraction of sp³-hybridized carbons (Fsp3) is 0.538. The highest BCUT2D eigenvalue weighted by Gasteiger charge is 2.18. The first-order valence-corrected chi connectivity index (χ1v) is 5.25. The zero-order chi connectivity index (χ0) is 11.4. The smallest absolute Gasteiger partial charge is 0.106 e. The van der Waals surface area contributed by atoms with Gasteiger partial charge in [-0.1, -0.05) is 0 Å². The number of aryl methyl sites for hydroxylation is 2. The van der Waals surface area contributed by atoms with Crippen molar-refractivity contribution >= 4 is 0 Å². The zero-order valence-electron chi connectivity index (χ0n) is 10.2. The SMILES string of the molecule is CC#CCC(NC)c1c(C)oc(C)c1C. The molecule has 15 heavy (non-hydrogen) atoms. The monoisotopic (exact) mass is 205 g/mol. The summed E-state index contributed by atoms with van der Waals surface area (Å²) in [4.78, 5) is 0. The summed E-state index contributed by atoms with van der Waals surface area (Å²) in [7, 11) is 1.96. The van der Waals surface area contributed by atoms with E-state index in [-0.39, 0.29) is 6.04 Å². The maximum absolute atomic E-state index is 5.62. The van der Waals surface area contributed by atoms with E-state index in [9.17, 15) is 0 Å². The van der Waals surface area contributed by atoms with Crippen LogP contribution in [0.1, 0.15) is 42.0 Å². The molecule has 0 aliphatic carbocycles. The quantitative estimate of drug-likeness (QED) is 0.768. The summed E-state index contributed by atoms with van der Waals surface area (Å²) in [6.45, 7) is 7.99. The first-order valence-electron chi connectivity index (χ1n) is 5.25. The summed E-state index contributed by atoms with van der Waals surface area (Å²) in [5, 5.41) is 3.29. The van der Waals surface area contributed by atoms with Gasteiger partial charge in [-0.2, -0.15) is 0 Å². The normalized spacial score (nSPS) is 12.1. The Labute approximate surface area is 92.1 Å². The lowest BCUT2D eigenvalue weighted by molar-refractivity contribution is 0.491. The fourth-order valence-corrected chi connectivity index (χ4v) is 1.87. The molecule has 1 aromatic heterocycles. The molecule has 0 amide bonds. The van der Waals surface area contributed by atoms with E-state index in [1.165, 1.54) is 11.1 Å². The summed E-state index contributed by atoms with van der Waals surface area (Å²) < 4.78 is 5.62. The molecule has 0 spiro atoms. The first-order chi connectivity index (χ1) is 7.11. The zero-order valence-corrected chi connectivity index (χ0v) is 10.2. The summed E-state index contributed by atoms with van der Waals surface area (Å²) in [6.07, 6.45) is 0.827. The predicted molar refractivity (Wildman–Crippen MR) is 62.8 cm³/mol. The number of hydrogen-bond acceptors (Lipinski definition) is 2. The minimum Gasteiger partial charge on any atom is -0.466 e. The first kappa shape index (κ1) is 11.9.